The van der Waals surface area contributed by atoms with Gasteiger partial charge in [-0.05, 0) is 49.9 Å². The second-order valence-electron chi connectivity index (χ2n) is 4.97. The summed E-state index contributed by atoms with van der Waals surface area (Å²) in [5.41, 5.74) is 7.61. The number of benzene rings is 1. The molecular weight excluding hydrogens is 240 g/mol. The van der Waals surface area contributed by atoms with Crippen molar-refractivity contribution in [3.8, 4) is 0 Å². The second kappa shape index (κ2) is 7.26. The molecule has 1 aliphatic heterocycles. The first-order valence-electron chi connectivity index (χ1n) is 6.97. The number of amides is 1. The first-order valence-corrected chi connectivity index (χ1v) is 6.97. The molecule has 4 heteroatoms. The van der Waals surface area contributed by atoms with Gasteiger partial charge in [-0.15, -0.1) is 0 Å². The van der Waals surface area contributed by atoms with E-state index >= 15 is 0 Å². The summed E-state index contributed by atoms with van der Waals surface area (Å²) in [4.78, 5) is 12.1. The number of aryl methyl sites for hydroxylation is 1. The van der Waals surface area contributed by atoms with Crippen molar-refractivity contribution in [1.29, 1.82) is 0 Å². The molecule has 1 aromatic rings. The van der Waals surface area contributed by atoms with Crippen molar-refractivity contribution in [1.82, 2.24) is 0 Å². The molecule has 0 bridgehead atoms. The van der Waals surface area contributed by atoms with Crippen LogP contribution in [0.5, 0.6) is 0 Å². The summed E-state index contributed by atoms with van der Waals surface area (Å²) in [7, 11) is 0. The van der Waals surface area contributed by atoms with Gasteiger partial charge < -0.3 is 15.8 Å². The number of nitrogens with one attached hydrogen (secondary N) is 1. The fraction of sp³-hybridized carbons (Fsp3) is 0.533. The van der Waals surface area contributed by atoms with E-state index < -0.39 is 0 Å². The van der Waals surface area contributed by atoms with Crippen LogP contribution < -0.4 is 11.1 Å². The summed E-state index contributed by atoms with van der Waals surface area (Å²) in [5.74, 6) is 0.195. The summed E-state index contributed by atoms with van der Waals surface area (Å²) >= 11 is 0. The van der Waals surface area contributed by atoms with Gasteiger partial charge in [-0.2, -0.15) is 0 Å². The molecule has 0 radical (unpaired) electrons. The highest BCUT2D eigenvalue weighted by Gasteiger charge is 2.21. The van der Waals surface area contributed by atoms with Gasteiger partial charge in [0.1, 0.15) is 0 Å². The van der Waals surface area contributed by atoms with Crippen LogP contribution in [0.2, 0.25) is 0 Å². The highest BCUT2D eigenvalue weighted by Crippen LogP contribution is 2.18. The van der Waals surface area contributed by atoms with E-state index in [0.29, 0.717) is 19.8 Å². The second-order valence-corrected chi connectivity index (χ2v) is 4.97. The first-order chi connectivity index (χ1) is 9.29. The molecule has 1 saturated heterocycles. The van der Waals surface area contributed by atoms with Gasteiger partial charge in [0, 0.05) is 24.8 Å². The quantitative estimate of drug-likeness (QED) is 0.852. The van der Waals surface area contributed by atoms with Crippen LogP contribution in [0.1, 0.15) is 24.8 Å². The van der Waals surface area contributed by atoms with E-state index in [2.05, 4.69) is 11.4 Å². The van der Waals surface area contributed by atoms with Crippen LogP contribution in [0.25, 0.3) is 0 Å². The van der Waals surface area contributed by atoms with Gasteiger partial charge in [-0.3, -0.25) is 4.79 Å². The normalized spacial score (nSPS) is 16.3. The van der Waals surface area contributed by atoms with E-state index in [-0.39, 0.29) is 11.8 Å². The van der Waals surface area contributed by atoms with Gasteiger partial charge in [-0.1, -0.05) is 12.1 Å². The third-order valence-electron chi connectivity index (χ3n) is 3.46. The number of hydrogen-bond acceptors (Lipinski definition) is 3. The maximum Gasteiger partial charge on any atom is 0.227 e. The molecule has 3 N–H and O–H groups in total. The molecule has 0 atom stereocenters. The Bertz CT molecular complexity index is 414. The van der Waals surface area contributed by atoms with E-state index in [4.69, 9.17) is 10.5 Å². The standard InChI is InChI=1S/C15H22N2O2/c16-8-2-4-12-3-1-5-14(11-12)17-15(18)13-6-9-19-10-7-13/h1,3,5,11,13H,2,4,6-10,16H2,(H,17,18). The van der Waals surface area contributed by atoms with Crippen molar-refractivity contribution in [2.24, 2.45) is 11.7 Å². The van der Waals surface area contributed by atoms with E-state index in [1.54, 1.807) is 0 Å². The highest BCUT2D eigenvalue weighted by atomic mass is 16.5. The summed E-state index contributed by atoms with van der Waals surface area (Å²) in [5, 5.41) is 3.00. The Hall–Kier alpha value is -1.39. The lowest BCUT2D eigenvalue weighted by Gasteiger charge is -2.21. The smallest absolute Gasteiger partial charge is 0.227 e. The molecule has 0 aromatic heterocycles. The molecule has 1 aromatic carbocycles. The zero-order chi connectivity index (χ0) is 13.5. The number of rotatable bonds is 5. The maximum absolute atomic E-state index is 12.1. The Labute approximate surface area is 114 Å². The van der Waals surface area contributed by atoms with E-state index in [1.165, 1.54) is 5.56 Å². The molecule has 1 heterocycles. The van der Waals surface area contributed by atoms with Crippen molar-refractivity contribution in [3.63, 3.8) is 0 Å². The molecular formula is C15H22N2O2. The Morgan fingerprint density at radius 1 is 1.37 bits per heavy atom. The van der Waals surface area contributed by atoms with Gasteiger partial charge in [0.2, 0.25) is 5.91 Å². The molecule has 1 amide bonds. The maximum atomic E-state index is 12.1. The van der Waals surface area contributed by atoms with Crippen molar-refractivity contribution >= 4 is 11.6 Å². The van der Waals surface area contributed by atoms with Crippen LogP contribution in [-0.2, 0) is 16.0 Å². The van der Waals surface area contributed by atoms with Crippen molar-refractivity contribution in [2.75, 3.05) is 25.1 Å². The lowest BCUT2D eigenvalue weighted by atomic mass is 9.99. The largest absolute Gasteiger partial charge is 0.381 e. The molecule has 0 spiro atoms. The number of anilines is 1. The zero-order valence-electron chi connectivity index (χ0n) is 11.2. The Kier molecular flexibility index (Phi) is 5.36. The Morgan fingerprint density at radius 2 is 2.16 bits per heavy atom. The molecule has 2 rings (SSSR count). The molecule has 4 nitrogen and oxygen atoms in total. The van der Waals surface area contributed by atoms with Gasteiger partial charge in [0.25, 0.3) is 0 Å². The monoisotopic (exact) mass is 262 g/mol. The van der Waals surface area contributed by atoms with Gasteiger partial charge in [0.15, 0.2) is 0 Å². The number of carbonyl (C=O) groups excluding carboxylic acids is 1. The van der Waals surface area contributed by atoms with Crippen LogP contribution in [0, 0.1) is 5.92 Å². The number of nitrogens with two attached hydrogens (primary N) is 1. The fourth-order valence-electron chi connectivity index (χ4n) is 2.31. The molecule has 1 fully saturated rings. The number of hydrogen-bond donors (Lipinski definition) is 2. The topological polar surface area (TPSA) is 64.3 Å². The van der Waals surface area contributed by atoms with Gasteiger partial charge in [-0.25, -0.2) is 0 Å². The summed E-state index contributed by atoms with van der Waals surface area (Å²) < 4.78 is 5.27. The Balaban J connectivity index is 1.92. The van der Waals surface area contributed by atoms with Crippen LogP contribution in [0.3, 0.4) is 0 Å². The van der Waals surface area contributed by atoms with E-state index in [1.807, 2.05) is 18.2 Å². The SMILES string of the molecule is NCCCc1cccc(NC(=O)C2CCOCC2)c1. The molecule has 1 aliphatic rings. The van der Waals surface area contributed by atoms with Crippen LogP contribution in [0.4, 0.5) is 5.69 Å². The molecule has 0 unspecified atom stereocenters. The van der Waals surface area contributed by atoms with E-state index in [0.717, 1.165) is 31.4 Å². The average Bonchev–Trinajstić information content (AvgIpc) is 2.46. The lowest BCUT2D eigenvalue weighted by Crippen LogP contribution is -2.28. The third kappa shape index (κ3) is 4.33. The molecule has 0 aliphatic carbocycles. The third-order valence-corrected chi connectivity index (χ3v) is 3.46. The van der Waals surface area contributed by atoms with Gasteiger partial charge in [0.05, 0.1) is 0 Å². The summed E-state index contributed by atoms with van der Waals surface area (Å²) in [6, 6.07) is 8.02. The predicted molar refractivity (Wildman–Crippen MR) is 76.0 cm³/mol. The predicted octanol–water partition coefficient (Wildman–Crippen LogP) is 1.94. The molecule has 104 valence electrons. The lowest BCUT2D eigenvalue weighted by molar-refractivity contribution is -0.122. The van der Waals surface area contributed by atoms with Crippen LogP contribution in [0.15, 0.2) is 24.3 Å². The number of ether oxygens (including phenoxy) is 1. The average molecular weight is 262 g/mol. The highest BCUT2D eigenvalue weighted by molar-refractivity contribution is 5.92. The summed E-state index contributed by atoms with van der Waals surface area (Å²) in [6.45, 7) is 2.07. The van der Waals surface area contributed by atoms with Crippen LogP contribution in [-0.4, -0.2) is 25.7 Å². The van der Waals surface area contributed by atoms with Crippen molar-refractivity contribution in [3.05, 3.63) is 29.8 Å². The Morgan fingerprint density at radius 3 is 2.89 bits per heavy atom. The van der Waals surface area contributed by atoms with Crippen molar-refractivity contribution in [2.45, 2.75) is 25.7 Å². The minimum absolute atomic E-state index is 0.0847. The van der Waals surface area contributed by atoms with Gasteiger partial charge >= 0.3 is 0 Å². The van der Waals surface area contributed by atoms with Crippen molar-refractivity contribution < 1.29 is 9.53 Å². The molecule has 0 saturated carbocycles. The minimum atomic E-state index is 0.0847. The minimum Gasteiger partial charge on any atom is -0.381 e. The molecule has 19 heavy (non-hydrogen) atoms. The zero-order valence-corrected chi connectivity index (χ0v) is 11.2. The first kappa shape index (κ1) is 14.0. The fourth-order valence-corrected chi connectivity index (χ4v) is 2.31. The summed E-state index contributed by atoms with van der Waals surface area (Å²) in [6.07, 6.45) is 3.56. The van der Waals surface area contributed by atoms with E-state index in [9.17, 15) is 4.79 Å². The van der Waals surface area contributed by atoms with Crippen LogP contribution >= 0.6 is 0 Å². The number of carbonyl (C=O) groups is 1.